The number of rotatable bonds is 25. The molecule has 4 rings (SSSR count). The topological polar surface area (TPSA) is 99.6 Å². The maximum absolute atomic E-state index is 5.78. The summed E-state index contributed by atoms with van der Waals surface area (Å²) in [4.78, 5) is 9.14. The van der Waals surface area contributed by atoms with Gasteiger partial charge in [-0.15, -0.1) is 0 Å². The van der Waals surface area contributed by atoms with Gasteiger partial charge in [-0.2, -0.15) is 0 Å². The van der Waals surface area contributed by atoms with Crippen molar-refractivity contribution in [2.75, 3.05) is 93.5 Å². The highest BCUT2D eigenvalue weighted by molar-refractivity contribution is 5.74. The molecule has 0 aliphatic rings. The number of ether oxygens (including phenoxy) is 8. The van der Waals surface area contributed by atoms with E-state index in [2.05, 4.69) is 34.3 Å². The van der Waals surface area contributed by atoms with Crippen molar-refractivity contribution < 1.29 is 37.9 Å². The molecule has 0 amide bonds. The quantitative estimate of drug-likeness (QED) is 0.0710. The lowest BCUT2D eigenvalue weighted by Crippen LogP contribution is -2.12. The van der Waals surface area contributed by atoms with Crippen LogP contribution in [0.15, 0.2) is 85.2 Å². The van der Waals surface area contributed by atoms with Crippen LogP contribution in [0.1, 0.15) is 22.3 Å². The van der Waals surface area contributed by atoms with Gasteiger partial charge in [-0.05, 0) is 70.8 Å². The summed E-state index contributed by atoms with van der Waals surface area (Å²) in [7, 11) is 3.30. The van der Waals surface area contributed by atoms with Gasteiger partial charge in [0.1, 0.15) is 24.7 Å². The summed E-state index contributed by atoms with van der Waals surface area (Å²) < 4.78 is 43.2. The predicted molar refractivity (Wildman–Crippen MR) is 196 cm³/mol. The van der Waals surface area contributed by atoms with Gasteiger partial charge in [0.25, 0.3) is 0 Å². The van der Waals surface area contributed by atoms with Crippen LogP contribution in [0.2, 0.25) is 0 Å². The predicted octanol–water partition coefficient (Wildman–Crippen LogP) is 6.60. The second-order valence-corrected chi connectivity index (χ2v) is 10.9. The van der Waals surface area contributed by atoms with E-state index in [-0.39, 0.29) is 0 Å². The first-order valence-corrected chi connectivity index (χ1v) is 16.8. The average Bonchev–Trinajstić information content (AvgIpc) is 3.16. The minimum atomic E-state index is 0.478. The van der Waals surface area contributed by atoms with Crippen molar-refractivity contribution in [1.82, 2.24) is 9.97 Å². The molecule has 4 aromatic rings. The summed E-state index contributed by atoms with van der Waals surface area (Å²) in [5.74, 6) is 1.60. The van der Waals surface area contributed by atoms with E-state index in [1.165, 1.54) is 0 Å². The molecule has 50 heavy (non-hydrogen) atoms. The van der Waals surface area contributed by atoms with E-state index >= 15 is 0 Å². The third-order valence-corrected chi connectivity index (χ3v) is 7.13. The fraction of sp³-hybridized carbons (Fsp3) is 0.350. The highest BCUT2D eigenvalue weighted by Gasteiger charge is 2.03. The summed E-state index contributed by atoms with van der Waals surface area (Å²) in [6.45, 7) is 6.43. The number of methoxy groups -OCH3 is 2. The molecule has 10 nitrogen and oxygen atoms in total. The summed E-state index contributed by atoms with van der Waals surface area (Å²) in [6, 6.07) is 23.9. The van der Waals surface area contributed by atoms with E-state index in [9.17, 15) is 0 Å². The van der Waals surface area contributed by atoms with Crippen molar-refractivity contribution in [2.45, 2.75) is 0 Å². The van der Waals surface area contributed by atoms with Crippen LogP contribution in [0.25, 0.3) is 35.7 Å². The number of nitrogens with zero attached hydrogens (tertiary/aromatic N) is 2. The normalized spacial score (nSPS) is 11.5. The Hall–Kier alpha value is -4.42. The molecular weight excluding hydrogens is 636 g/mol. The highest BCUT2D eigenvalue weighted by Crippen LogP contribution is 2.21. The second-order valence-electron chi connectivity index (χ2n) is 10.9. The van der Waals surface area contributed by atoms with Gasteiger partial charge in [-0.3, -0.25) is 9.97 Å². The smallest absolute Gasteiger partial charge is 0.119 e. The van der Waals surface area contributed by atoms with Crippen LogP contribution in [0.4, 0.5) is 0 Å². The molecule has 0 aliphatic heterocycles. The fourth-order valence-corrected chi connectivity index (χ4v) is 4.48. The zero-order valence-electron chi connectivity index (χ0n) is 29.0. The number of hydrogen-bond donors (Lipinski definition) is 0. The maximum atomic E-state index is 5.78. The minimum Gasteiger partial charge on any atom is -0.491 e. The first-order valence-electron chi connectivity index (χ1n) is 16.8. The monoisotopic (exact) mass is 684 g/mol. The molecule has 0 atom stereocenters. The van der Waals surface area contributed by atoms with E-state index in [4.69, 9.17) is 37.9 Å². The lowest BCUT2D eigenvalue weighted by Gasteiger charge is -2.08. The van der Waals surface area contributed by atoms with Crippen molar-refractivity contribution in [3.63, 3.8) is 0 Å². The summed E-state index contributed by atoms with van der Waals surface area (Å²) in [5, 5.41) is 0. The number of benzene rings is 2. The van der Waals surface area contributed by atoms with Gasteiger partial charge in [0.15, 0.2) is 0 Å². The van der Waals surface area contributed by atoms with Gasteiger partial charge < -0.3 is 37.9 Å². The molecule has 0 unspecified atom stereocenters. The molecule has 0 radical (unpaired) electrons. The molecule has 0 spiro atoms. The van der Waals surface area contributed by atoms with Gasteiger partial charge in [0.2, 0.25) is 0 Å². The average molecular weight is 685 g/mol. The molecule has 0 bridgehead atoms. The lowest BCUT2D eigenvalue weighted by atomic mass is 10.1. The largest absolute Gasteiger partial charge is 0.491 e. The van der Waals surface area contributed by atoms with Crippen molar-refractivity contribution in [1.29, 1.82) is 0 Å². The Labute approximate surface area is 295 Å². The van der Waals surface area contributed by atoms with Gasteiger partial charge in [0, 0.05) is 26.6 Å². The second kappa shape index (κ2) is 23.9. The van der Waals surface area contributed by atoms with Crippen LogP contribution in [0.3, 0.4) is 0 Å². The third kappa shape index (κ3) is 15.4. The molecular formula is C40H48N2O8. The Morgan fingerprint density at radius 1 is 0.400 bits per heavy atom. The third-order valence-electron chi connectivity index (χ3n) is 7.13. The molecule has 2 aromatic heterocycles. The molecule has 0 fully saturated rings. The van der Waals surface area contributed by atoms with Crippen molar-refractivity contribution in [3.05, 3.63) is 107 Å². The van der Waals surface area contributed by atoms with Crippen LogP contribution in [-0.2, 0) is 28.4 Å². The summed E-state index contributed by atoms with van der Waals surface area (Å²) >= 11 is 0. The zero-order chi connectivity index (χ0) is 34.9. The van der Waals surface area contributed by atoms with Crippen molar-refractivity contribution in [2.24, 2.45) is 0 Å². The van der Waals surface area contributed by atoms with Crippen LogP contribution in [0.5, 0.6) is 11.5 Å². The molecule has 0 saturated carbocycles. The number of aromatic nitrogens is 2. The van der Waals surface area contributed by atoms with Crippen LogP contribution >= 0.6 is 0 Å². The lowest BCUT2D eigenvalue weighted by molar-refractivity contribution is 0.0180. The minimum absolute atomic E-state index is 0.478. The van der Waals surface area contributed by atoms with Crippen LogP contribution < -0.4 is 9.47 Å². The molecule has 2 aromatic carbocycles. The maximum Gasteiger partial charge on any atom is 0.119 e. The standard InChI is InChI=1S/C40H48N2O8/c1-43-19-21-45-23-25-47-27-29-49-37-11-7-33(8-12-37)3-5-35-15-17-41-39(31-35)40-32-36(16-18-42-40)6-4-34-9-13-38(14-10-34)50-30-28-48-26-24-46-22-20-44-2/h3-18,31-32H,19-30H2,1-2H3/b5-3+,6-4+. The zero-order valence-corrected chi connectivity index (χ0v) is 29.0. The van der Waals surface area contributed by atoms with Crippen molar-refractivity contribution in [3.8, 4) is 22.9 Å². The Morgan fingerprint density at radius 2 is 0.740 bits per heavy atom. The fourth-order valence-electron chi connectivity index (χ4n) is 4.48. The van der Waals surface area contributed by atoms with E-state index in [1.807, 2.05) is 72.8 Å². The van der Waals surface area contributed by atoms with E-state index in [1.54, 1.807) is 26.6 Å². The van der Waals surface area contributed by atoms with Crippen molar-refractivity contribution >= 4 is 24.3 Å². The van der Waals surface area contributed by atoms with Gasteiger partial charge >= 0.3 is 0 Å². The SMILES string of the molecule is COCCOCCOCCOc1ccc(/C=C/c2ccnc(-c3cc(/C=C/c4ccc(OCCOCCOCCOC)cc4)ccn3)c2)cc1. The molecule has 0 saturated heterocycles. The first kappa shape index (κ1) is 38.4. The molecule has 0 N–H and O–H groups in total. The van der Waals surface area contributed by atoms with E-state index in [0.717, 1.165) is 45.1 Å². The molecule has 2 heterocycles. The molecule has 0 aliphatic carbocycles. The first-order chi connectivity index (χ1) is 24.7. The Kier molecular flexibility index (Phi) is 18.3. The Morgan fingerprint density at radius 3 is 1.12 bits per heavy atom. The highest BCUT2D eigenvalue weighted by atomic mass is 16.6. The van der Waals surface area contributed by atoms with E-state index in [0.29, 0.717) is 79.3 Å². The Balaban J connectivity index is 1.20. The van der Waals surface area contributed by atoms with Gasteiger partial charge in [0.05, 0.1) is 77.5 Å². The molecule has 10 heteroatoms. The Bertz CT molecular complexity index is 1430. The number of hydrogen-bond acceptors (Lipinski definition) is 10. The van der Waals surface area contributed by atoms with Crippen LogP contribution in [0, 0.1) is 0 Å². The van der Waals surface area contributed by atoms with Gasteiger partial charge in [-0.25, -0.2) is 0 Å². The van der Waals surface area contributed by atoms with Gasteiger partial charge in [-0.1, -0.05) is 48.6 Å². The summed E-state index contributed by atoms with van der Waals surface area (Å²) in [6.07, 6.45) is 11.9. The van der Waals surface area contributed by atoms with Crippen LogP contribution in [-0.4, -0.2) is 103 Å². The summed E-state index contributed by atoms with van der Waals surface area (Å²) in [5.41, 5.74) is 5.80. The molecule has 266 valence electrons. The van der Waals surface area contributed by atoms with E-state index < -0.39 is 0 Å². The number of pyridine rings is 2.